The van der Waals surface area contributed by atoms with E-state index in [0.717, 1.165) is 40.8 Å². The molecule has 1 aliphatic rings. The third-order valence-electron chi connectivity index (χ3n) is 5.80. The molecule has 4 rings (SSSR count). The number of carbonyl (C=O) groups excluding carboxylic acids is 1. The van der Waals surface area contributed by atoms with Crippen LogP contribution in [0.3, 0.4) is 0 Å². The summed E-state index contributed by atoms with van der Waals surface area (Å²) in [5.41, 5.74) is 5.99. The van der Waals surface area contributed by atoms with Crippen LogP contribution in [0, 0.1) is 0 Å². The van der Waals surface area contributed by atoms with Crippen molar-refractivity contribution in [1.29, 1.82) is 0 Å². The molecule has 2 amide bonds. The van der Waals surface area contributed by atoms with Crippen molar-refractivity contribution in [3.05, 3.63) is 77.4 Å². The fourth-order valence-electron chi connectivity index (χ4n) is 4.11. The number of methoxy groups -OCH3 is 2. The van der Waals surface area contributed by atoms with Crippen molar-refractivity contribution in [2.45, 2.75) is 31.9 Å². The summed E-state index contributed by atoms with van der Waals surface area (Å²) in [6.07, 6.45) is 1.81. The van der Waals surface area contributed by atoms with Gasteiger partial charge in [0.1, 0.15) is 0 Å². The summed E-state index contributed by atoms with van der Waals surface area (Å²) < 4.78 is 10.7. The lowest BCUT2D eigenvalue weighted by Crippen LogP contribution is -2.29. The van der Waals surface area contributed by atoms with E-state index in [1.807, 2.05) is 54.6 Å². The van der Waals surface area contributed by atoms with Gasteiger partial charge in [-0.3, -0.25) is 0 Å². The lowest BCUT2D eigenvalue weighted by molar-refractivity contribution is 0.159. The highest BCUT2D eigenvalue weighted by molar-refractivity contribution is 5.90. The Kier molecular flexibility index (Phi) is 6.61. The fourth-order valence-corrected chi connectivity index (χ4v) is 4.11. The van der Waals surface area contributed by atoms with Crippen LogP contribution < -0.4 is 20.1 Å². The van der Waals surface area contributed by atoms with E-state index in [0.29, 0.717) is 24.5 Å². The van der Waals surface area contributed by atoms with Gasteiger partial charge in [-0.25, -0.2) is 4.79 Å². The summed E-state index contributed by atoms with van der Waals surface area (Å²) in [7, 11) is 3.23. The molecule has 6 heteroatoms. The fraction of sp³-hybridized carbons (Fsp3) is 0.269. The van der Waals surface area contributed by atoms with E-state index in [9.17, 15) is 9.90 Å². The number of rotatable bonds is 6. The summed E-state index contributed by atoms with van der Waals surface area (Å²) >= 11 is 0. The van der Waals surface area contributed by atoms with E-state index in [4.69, 9.17) is 9.47 Å². The highest BCUT2D eigenvalue weighted by Gasteiger charge is 2.19. The Morgan fingerprint density at radius 2 is 1.78 bits per heavy atom. The molecule has 166 valence electrons. The second-order valence-corrected chi connectivity index (χ2v) is 7.92. The predicted octanol–water partition coefficient (Wildman–Crippen LogP) is 4.54. The largest absolute Gasteiger partial charge is 0.493 e. The van der Waals surface area contributed by atoms with Gasteiger partial charge in [0.05, 0.1) is 20.3 Å². The number of anilines is 1. The van der Waals surface area contributed by atoms with Crippen molar-refractivity contribution in [3.63, 3.8) is 0 Å². The van der Waals surface area contributed by atoms with Crippen LogP contribution in [0.5, 0.6) is 11.5 Å². The topological polar surface area (TPSA) is 79.8 Å². The zero-order valence-electron chi connectivity index (χ0n) is 18.4. The molecule has 3 N–H and O–H groups in total. The molecular weight excluding hydrogens is 404 g/mol. The zero-order valence-corrected chi connectivity index (χ0v) is 18.4. The van der Waals surface area contributed by atoms with Gasteiger partial charge in [-0.1, -0.05) is 36.4 Å². The van der Waals surface area contributed by atoms with E-state index < -0.39 is 0 Å². The van der Waals surface area contributed by atoms with E-state index in [2.05, 4.69) is 16.7 Å². The Bertz CT molecular complexity index is 1110. The molecule has 0 radical (unpaired) electrons. The van der Waals surface area contributed by atoms with E-state index in [1.165, 1.54) is 5.56 Å². The van der Waals surface area contributed by atoms with Gasteiger partial charge in [-0.15, -0.1) is 0 Å². The maximum atomic E-state index is 12.5. The minimum Gasteiger partial charge on any atom is -0.493 e. The lowest BCUT2D eigenvalue weighted by Gasteiger charge is -2.23. The van der Waals surface area contributed by atoms with Crippen molar-refractivity contribution >= 4 is 11.7 Å². The molecule has 0 bridgehead atoms. The Labute approximate surface area is 188 Å². The maximum Gasteiger partial charge on any atom is 0.319 e. The van der Waals surface area contributed by atoms with Gasteiger partial charge in [0, 0.05) is 18.7 Å². The van der Waals surface area contributed by atoms with Crippen LogP contribution in [0.25, 0.3) is 11.1 Å². The van der Waals surface area contributed by atoms with Crippen LogP contribution in [0.2, 0.25) is 0 Å². The minimum atomic E-state index is -0.354. The number of nitrogens with one attached hydrogen (secondary N) is 2. The Balaban J connectivity index is 1.43. The van der Waals surface area contributed by atoms with Crippen molar-refractivity contribution in [1.82, 2.24) is 5.32 Å². The second-order valence-electron chi connectivity index (χ2n) is 7.92. The van der Waals surface area contributed by atoms with Crippen molar-refractivity contribution in [2.75, 3.05) is 19.5 Å². The molecule has 1 unspecified atom stereocenters. The third-order valence-corrected chi connectivity index (χ3v) is 5.80. The van der Waals surface area contributed by atoms with Gasteiger partial charge >= 0.3 is 6.03 Å². The monoisotopic (exact) mass is 432 g/mol. The third kappa shape index (κ3) is 4.86. The Morgan fingerprint density at radius 1 is 1.00 bits per heavy atom. The summed E-state index contributed by atoms with van der Waals surface area (Å²) in [5.74, 6) is 1.35. The molecule has 0 saturated heterocycles. The first kappa shape index (κ1) is 21.7. The maximum absolute atomic E-state index is 12.5. The molecule has 0 spiro atoms. The summed E-state index contributed by atoms with van der Waals surface area (Å²) in [5, 5.41) is 15.9. The number of fused-ring (bicyclic) bond motifs is 1. The van der Waals surface area contributed by atoms with Crippen LogP contribution in [0.4, 0.5) is 10.5 Å². The van der Waals surface area contributed by atoms with Crippen LogP contribution in [0.1, 0.15) is 23.1 Å². The number of ether oxygens (including phenoxy) is 2. The van der Waals surface area contributed by atoms with Gasteiger partial charge in [0.15, 0.2) is 11.5 Å². The van der Waals surface area contributed by atoms with Gasteiger partial charge in [-0.05, 0) is 64.9 Å². The van der Waals surface area contributed by atoms with Crippen LogP contribution >= 0.6 is 0 Å². The first-order chi connectivity index (χ1) is 15.6. The minimum absolute atomic E-state index is 0.269. The summed E-state index contributed by atoms with van der Waals surface area (Å²) in [6, 6.07) is 19.4. The van der Waals surface area contributed by atoms with Gasteiger partial charge in [0.25, 0.3) is 0 Å². The van der Waals surface area contributed by atoms with Crippen LogP contribution in [-0.4, -0.2) is 31.5 Å². The molecule has 32 heavy (non-hydrogen) atoms. The molecule has 0 heterocycles. The number of hydrogen-bond acceptors (Lipinski definition) is 4. The first-order valence-corrected chi connectivity index (χ1v) is 10.7. The van der Waals surface area contributed by atoms with E-state index >= 15 is 0 Å². The van der Waals surface area contributed by atoms with Gasteiger partial charge in [-0.2, -0.15) is 0 Å². The van der Waals surface area contributed by atoms with Crippen molar-refractivity contribution in [3.8, 4) is 22.6 Å². The van der Waals surface area contributed by atoms with Crippen molar-refractivity contribution < 1.29 is 19.4 Å². The molecule has 0 aromatic heterocycles. The molecule has 0 aliphatic heterocycles. The van der Waals surface area contributed by atoms with E-state index in [-0.39, 0.29) is 12.1 Å². The number of urea groups is 1. The average Bonchev–Trinajstić information content (AvgIpc) is 2.83. The molecule has 0 saturated carbocycles. The number of carbonyl (C=O) groups is 1. The quantitative estimate of drug-likeness (QED) is 0.534. The highest BCUT2D eigenvalue weighted by Crippen LogP contribution is 2.32. The molecule has 1 atom stereocenters. The number of aliphatic hydroxyl groups is 1. The molecule has 1 aliphatic carbocycles. The average molecular weight is 433 g/mol. The Morgan fingerprint density at radius 3 is 2.59 bits per heavy atom. The molecule has 0 fully saturated rings. The molecule has 6 nitrogen and oxygen atoms in total. The Hall–Kier alpha value is -3.51. The van der Waals surface area contributed by atoms with Gasteiger partial charge < -0.3 is 25.2 Å². The molecule has 3 aromatic rings. The van der Waals surface area contributed by atoms with E-state index in [1.54, 1.807) is 14.2 Å². The number of amides is 2. The van der Waals surface area contributed by atoms with Crippen LogP contribution in [-0.2, 0) is 19.4 Å². The normalized spacial score (nSPS) is 14.9. The lowest BCUT2D eigenvalue weighted by atomic mass is 9.88. The number of hydrogen-bond donors (Lipinski definition) is 3. The first-order valence-electron chi connectivity index (χ1n) is 10.7. The summed E-state index contributed by atoms with van der Waals surface area (Å²) in [4.78, 5) is 12.5. The zero-order chi connectivity index (χ0) is 22.5. The van der Waals surface area contributed by atoms with Gasteiger partial charge in [0.2, 0.25) is 0 Å². The second kappa shape index (κ2) is 9.75. The molecule has 3 aromatic carbocycles. The number of aliphatic hydroxyl groups excluding tert-OH is 1. The molecular formula is C26H28N2O4. The number of aryl methyl sites for hydroxylation is 1. The van der Waals surface area contributed by atoms with Crippen molar-refractivity contribution in [2.24, 2.45) is 0 Å². The smallest absolute Gasteiger partial charge is 0.319 e. The number of benzene rings is 3. The predicted molar refractivity (Wildman–Crippen MR) is 125 cm³/mol. The summed E-state index contributed by atoms with van der Waals surface area (Å²) in [6.45, 7) is 0.393. The van der Waals surface area contributed by atoms with Crippen LogP contribution in [0.15, 0.2) is 60.7 Å². The highest BCUT2D eigenvalue weighted by atomic mass is 16.5. The SMILES string of the molecule is COc1ccc(-c2cccc(CNC(=O)Nc3cccc4c3CC(O)CC4)c2)cc1OC. The standard InChI is InChI=1S/C26H28N2O4/c1-31-24-12-10-20(14-25(24)32-2)19-7-3-5-17(13-19)16-27-26(30)28-23-8-4-6-18-9-11-21(29)15-22(18)23/h3-8,10,12-14,21,29H,9,11,15-16H2,1-2H3,(H2,27,28,30).